The molecule has 10 heteroatoms. The van der Waals surface area contributed by atoms with E-state index in [4.69, 9.17) is 4.74 Å². The van der Waals surface area contributed by atoms with E-state index in [0.29, 0.717) is 11.4 Å². The number of hydrogen-bond donors (Lipinski definition) is 1. The van der Waals surface area contributed by atoms with Crippen LogP contribution in [0, 0.1) is 6.92 Å². The fraction of sp³-hybridized carbons (Fsp3) is 0.273. The molecule has 2 aromatic heterocycles. The molecule has 0 saturated heterocycles. The molecule has 1 amide bonds. The zero-order chi connectivity index (χ0) is 23.5. The van der Waals surface area contributed by atoms with Crippen LogP contribution in [0.5, 0.6) is 5.88 Å². The van der Waals surface area contributed by atoms with E-state index in [-0.39, 0.29) is 24.0 Å². The lowest BCUT2D eigenvalue weighted by Gasteiger charge is -2.16. The average molecular weight is 446 g/mol. The molecule has 0 aliphatic rings. The normalized spacial score (nSPS) is 11.5. The number of ether oxygens (including phenoxy) is 1. The van der Waals surface area contributed by atoms with Gasteiger partial charge in [0.1, 0.15) is 0 Å². The molecule has 0 bridgehead atoms. The smallest absolute Gasteiger partial charge is 0.418 e. The van der Waals surface area contributed by atoms with Gasteiger partial charge in [-0.05, 0) is 38.5 Å². The van der Waals surface area contributed by atoms with Gasteiger partial charge in [-0.15, -0.1) is 0 Å². The quantitative estimate of drug-likeness (QED) is 0.625. The van der Waals surface area contributed by atoms with Gasteiger partial charge in [-0.25, -0.2) is 9.67 Å². The Kier molecular flexibility index (Phi) is 6.61. The number of hydrogen-bond acceptors (Lipinski definition) is 5. The molecule has 0 aliphatic heterocycles. The molecule has 2 heterocycles. The molecular formula is C22H21F3N4O3. The summed E-state index contributed by atoms with van der Waals surface area (Å²) in [6, 6.07) is 9.23. The zero-order valence-electron chi connectivity index (χ0n) is 17.6. The Morgan fingerprint density at radius 1 is 1.19 bits per heavy atom. The van der Waals surface area contributed by atoms with Crippen LogP contribution in [0.25, 0.3) is 5.69 Å². The van der Waals surface area contributed by atoms with Crippen molar-refractivity contribution in [2.24, 2.45) is 0 Å². The van der Waals surface area contributed by atoms with Crippen LogP contribution in [0.1, 0.15) is 41.2 Å². The molecule has 1 N–H and O–H groups in total. The molecule has 0 atom stereocenters. The summed E-state index contributed by atoms with van der Waals surface area (Å²) < 4.78 is 46.6. The molecule has 0 unspecified atom stereocenters. The highest BCUT2D eigenvalue weighted by atomic mass is 19.4. The molecule has 0 spiro atoms. The number of aromatic nitrogens is 3. The first kappa shape index (κ1) is 23.0. The van der Waals surface area contributed by atoms with E-state index in [2.05, 4.69) is 15.4 Å². The third-order valence-electron chi connectivity index (χ3n) is 4.37. The topological polar surface area (TPSA) is 86.1 Å². The van der Waals surface area contributed by atoms with E-state index < -0.39 is 28.8 Å². The van der Waals surface area contributed by atoms with Gasteiger partial charge in [0, 0.05) is 30.6 Å². The minimum atomic E-state index is -4.63. The van der Waals surface area contributed by atoms with Crippen molar-refractivity contribution >= 4 is 5.91 Å². The Morgan fingerprint density at radius 3 is 2.53 bits per heavy atom. The Balaban J connectivity index is 1.85. The SMILES string of the molecule is Cc1cc(=O)c(C(=O)NCc2ccc(OC(C)C)nc2)nn1-c1ccccc1C(F)(F)F. The maximum atomic E-state index is 13.4. The summed E-state index contributed by atoms with van der Waals surface area (Å²) in [4.78, 5) is 29.0. The first-order chi connectivity index (χ1) is 15.1. The predicted octanol–water partition coefficient (Wildman–Crippen LogP) is 3.67. The van der Waals surface area contributed by atoms with Crippen molar-refractivity contribution in [2.45, 2.75) is 39.6 Å². The number of benzene rings is 1. The standard InChI is InChI=1S/C22H21F3N4O3/c1-13(2)32-19-9-8-15(11-26-19)12-27-21(31)20-18(30)10-14(3)29(28-20)17-7-5-4-6-16(17)22(23,24)25/h4-11,13H,12H2,1-3H3,(H,27,31). The maximum absolute atomic E-state index is 13.4. The van der Waals surface area contributed by atoms with Gasteiger partial charge >= 0.3 is 6.18 Å². The highest BCUT2D eigenvalue weighted by Gasteiger charge is 2.34. The lowest BCUT2D eigenvalue weighted by Crippen LogP contribution is -2.32. The van der Waals surface area contributed by atoms with Gasteiger partial charge in [0.25, 0.3) is 5.91 Å². The molecule has 0 radical (unpaired) electrons. The zero-order valence-corrected chi connectivity index (χ0v) is 17.6. The van der Waals surface area contributed by atoms with Crippen LogP contribution in [-0.2, 0) is 12.7 Å². The van der Waals surface area contributed by atoms with Crippen LogP contribution in [0.3, 0.4) is 0 Å². The minimum absolute atomic E-state index is 0.0367. The molecular weight excluding hydrogens is 425 g/mol. The third-order valence-corrected chi connectivity index (χ3v) is 4.37. The lowest BCUT2D eigenvalue weighted by molar-refractivity contribution is -0.137. The molecule has 0 saturated carbocycles. The Labute approximate surface area is 181 Å². The van der Waals surface area contributed by atoms with E-state index in [9.17, 15) is 22.8 Å². The van der Waals surface area contributed by atoms with Crippen molar-refractivity contribution in [2.75, 3.05) is 0 Å². The molecule has 32 heavy (non-hydrogen) atoms. The number of pyridine rings is 1. The highest BCUT2D eigenvalue weighted by molar-refractivity contribution is 5.92. The Bertz CT molecular complexity index is 1170. The van der Waals surface area contributed by atoms with E-state index in [1.807, 2.05) is 13.8 Å². The fourth-order valence-electron chi connectivity index (χ4n) is 2.94. The second kappa shape index (κ2) is 9.21. The molecule has 0 fully saturated rings. The van der Waals surface area contributed by atoms with E-state index in [1.165, 1.54) is 31.3 Å². The number of aryl methyl sites for hydroxylation is 1. The number of nitrogens with one attached hydrogen (secondary N) is 1. The van der Waals surface area contributed by atoms with E-state index in [0.717, 1.165) is 16.8 Å². The van der Waals surface area contributed by atoms with Crippen molar-refractivity contribution in [3.63, 3.8) is 0 Å². The second-order valence-electron chi connectivity index (χ2n) is 7.28. The summed E-state index contributed by atoms with van der Waals surface area (Å²) in [5, 5.41) is 6.47. The van der Waals surface area contributed by atoms with Crippen molar-refractivity contribution in [3.05, 3.63) is 81.4 Å². The molecule has 0 aliphatic carbocycles. The fourth-order valence-corrected chi connectivity index (χ4v) is 2.94. The van der Waals surface area contributed by atoms with Gasteiger partial charge in [0.2, 0.25) is 11.3 Å². The minimum Gasteiger partial charge on any atom is -0.475 e. The molecule has 1 aromatic carbocycles. The predicted molar refractivity (Wildman–Crippen MR) is 111 cm³/mol. The number of carbonyl (C=O) groups is 1. The summed E-state index contributed by atoms with van der Waals surface area (Å²) >= 11 is 0. The summed E-state index contributed by atoms with van der Waals surface area (Å²) in [6.45, 7) is 5.21. The molecule has 3 aromatic rings. The van der Waals surface area contributed by atoms with Gasteiger partial charge in [-0.2, -0.15) is 18.3 Å². The Morgan fingerprint density at radius 2 is 1.91 bits per heavy atom. The van der Waals surface area contributed by atoms with E-state index >= 15 is 0 Å². The molecule has 3 rings (SSSR count). The lowest BCUT2D eigenvalue weighted by atomic mass is 10.1. The number of carbonyl (C=O) groups excluding carboxylic acids is 1. The maximum Gasteiger partial charge on any atom is 0.418 e. The first-order valence-corrected chi connectivity index (χ1v) is 9.73. The van der Waals surface area contributed by atoms with Crippen molar-refractivity contribution in [1.82, 2.24) is 20.1 Å². The monoisotopic (exact) mass is 446 g/mol. The largest absolute Gasteiger partial charge is 0.475 e. The van der Waals surface area contributed by atoms with Crippen LogP contribution in [0.15, 0.2) is 53.5 Å². The number of para-hydroxylation sites is 1. The Hall–Kier alpha value is -3.69. The van der Waals surface area contributed by atoms with Crippen LogP contribution >= 0.6 is 0 Å². The summed E-state index contributed by atoms with van der Waals surface area (Å²) in [5.74, 6) is -0.378. The number of nitrogens with zero attached hydrogens (tertiary/aromatic N) is 3. The summed E-state index contributed by atoms with van der Waals surface area (Å²) in [7, 11) is 0. The highest BCUT2D eigenvalue weighted by Crippen LogP contribution is 2.33. The number of rotatable bonds is 6. The summed E-state index contributed by atoms with van der Waals surface area (Å²) in [5.41, 5.74) is -1.62. The third kappa shape index (κ3) is 5.32. The number of halogens is 3. The second-order valence-corrected chi connectivity index (χ2v) is 7.28. The van der Waals surface area contributed by atoms with Crippen LogP contribution < -0.4 is 15.5 Å². The van der Waals surface area contributed by atoms with Crippen molar-refractivity contribution in [3.8, 4) is 11.6 Å². The van der Waals surface area contributed by atoms with Crippen LogP contribution in [0.2, 0.25) is 0 Å². The van der Waals surface area contributed by atoms with Gasteiger partial charge < -0.3 is 10.1 Å². The number of alkyl halides is 3. The van der Waals surface area contributed by atoms with Crippen LogP contribution in [0.4, 0.5) is 13.2 Å². The van der Waals surface area contributed by atoms with Crippen molar-refractivity contribution < 1.29 is 22.7 Å². The average Bonchev–Trinajstić information content (AvgIpc) is 2.72. The first-order valence-electron chi connectivity index (χ1n) is 9.73. The van der Waals surface area contributed by atoms with Gasteiger partial charge in [-0.1, -0.05) is 18.2 Å². The summed E-state index contributed by atoms with van der Waals surface area (Å²) in [6.07, 6.45) is -3.15. The van der Waals surface area contributed by atoms with E-state index in [1.54, 1.807) is 12.1 Å². The van der Waals surface area contributed by atoms with Crippen LogP contribution in [-0.4, -0.2) is 26.8 Å². The van der Waals surface area contributed by atoms with Gasteiger partial charge in [-0.3, -0.25) is 9.59 Å². The van der Waals surface area contributed by atoms with Gasteiger partial charge in [0.05, 0.1) is 17.4 Å². The van der Waals surface area contributed by atoms with Gasteiger partial charge in [0.15, 0.2) is 5.69 Å². The molecule has 7 nitrogen and oxygen atoms in total. The molecule has 168 valence electrons. The van der Waals surface area contributed by atoms with Crippen molar-refractivity contribution in [1.29, 1.82) is 0 Å². The number of amides is 1.